The predicted molar refractivity (Wildman–Crippen MR) is 115 cm³/mol. The van der Waals surface area contributed by atoms with Gasteiger partial charge in [0.05, 0.1) is 26.9 Å². The smallest absolute Gasteiger partial charge is 0.338 e. The van der Waals surface area contributed by atoms with E-state index in [2.05, 4.69) is 24.3 Å². The molecule has 0 bridgehead atoms. The van der Waals surface area contributed by atoms with Crippen LogP contribution in [-0.4, -0.2) is 27.3 Å². The highest BCUT2D eigenvalue weighted by Crippen LogP contribution is 2.45. The fourth-order valence-electron chi connectivity index (χ4n) is 4.27. The Balaban J connectivity index is 2.02. The van der Waals surface area contributed by atoms with Crippen LogP contribution >= 0.6 is 0 Å². The Morgan fingerprint density at radius 2 is 1.76 bits per heavy atom. The molecule has 1 atom stereocenters. The zero-order valence-corrected chi connectivity index (χ0v) is 17.1. The van der Waals surface area contributed by atoms with Gasteiger partial charge in [0.2, 0.25) is 0 Å². The number of carbonyl (C=O) groups excluding carboxylic acids is 1. The number of fused-ring (bicyclic) bond motifs is 3. The lowest BCUT2D eigenvalue weighted by Gasteiger charge is -2.27. The molecule has 29 heavy (non-hydrogen) atoms. The minimum atomic E-state index is -0.319. The Bertz CT molecular complexity index is 1110. The number of benzene rings is 3. The van der Waals surface area contributed by atoms with E-state index < -0.39 is 0 Å². The van der Waals surface area contributed by atoms with Crippen LogP contribution in [0.2, 0.25) is 0 Å². The molecule has 4 heteroatoms. The third-order valence-electron chi connectivity index (χ3n) is 5.69. The van der Waals surface area contributed by atoms with Crippen molar-refractivity contribution in [3.8, 4) is 11.5 Å². The van der Waals surface area contributed by atoms with Gasteiger partial charge in [0.15, 0.2) is 0 Å². The molecule has 0 heterocycles. The summed E-state index contributed by atoms with van der Waals surface area (Å²) in [7, 11) is 4.78. The van der Waals surface area contributed by atoms with Crippen molar-refractivity contribution >= 4 is 22.8 Å². The maximum atomic E-state index is 12.6. The molecular formula is C25H24O4. The van der Waals surface area contributed by atoms with Crippen molar-refractivity contribution in [1.29, 1.82) is 0 Å². The number of hydrogen-bond donors (Lipinski definition) is 0. The number of aryl methyl sites for hydroxylation is 1. The standard InChI is InChI=1S/C25H24O4/c1-15-8-9-17-14-21(28-3)24-19(16-10-12-18(27-2)13-11-16)6-5-7-20(24)23(17)22(15)25(26)29-4/h5,7-14,19H,6H2,1-4H3. The maximum Gasteiger partial charge on any atom is 0.338 e. The van der Waals surface area contributed by atoms with Gasteiger partial charge in [-0.25, -0.2) is 4.79 Å². The number of esters is 1. The molecule has 1 aliphatic rings. The van der Waals surface area contributed by atoms with Crippen LogP contribution in [0.3, 0.4) is 0 Å². The molecule has 0 fully saturated rings. The zero-order chi connectivity index (χ0) is 20.5. The molecule has 3 aromatic rings. The summed E-state index contributed by atoms with van der Waals surface area (Å²) in [5.74, 6) is 1.47. The van der Waals surface area contributed by atoms with Crippen molar-refractivity contribution in [3.63, 3.8) is 0 Å². The van der Waals surface area contributed by atoms with Crippen LogP contribution in [0, 0.1) is 6.92 Å². The number of allylic oxidation sites excluding steroid dienone is 1. The van der Waals surface area contributed by atoms with E-state index in [1.54, 1.807) is 14.2 Å². The molecule has 148 valence electrons. The first-order chi connectivity index (χ1) is 14.1. The van der Waals surface area contributed by atoms with Crippen LogP contribution in [0.4, 0.5) is 0 Å². The summed E-state index contributed by atoms with van der Waals surface area (Å²) in [4.78, 5) is 12.6. The van der Waals surface area contributed by atoms with Gasteiger partial charge in [-0.15, -0.1) is 0 Å². The summed E-state index contributed by atoms with van der Waals surface area (Å²) in [5, 5.41) is 1.88. The lowest BCUT2D eigenvalue weighted by molar-refractivity contribution is 0.0602. The third-order valence-corrected chi connectivity index (χ3v) is 5.69. The number of methoxy groups -OCH3 is 3. The first kappa shape index (κ1) is 19.1. The molecule has 0 saturated carbocycles. The zero-order valence-electron chi connectivity index (χ0n) is 17.1. The fourth-order valence-corrected chi connectivity index (χ4v) is 4.27. The van der Waals surface area contributed by atoms with Crippen LogP contribution in [-0.2, 0) is 4.74 Å². The van der Waals surface area contributed by atoms with Crippen LogP contribution in [0.5, 0.6) is 11.5 Å². The molecule has 0 aliphatic heterocycles. The fraction of sp³-hybridized carbons (Fsp3) is 0.240. The average Bonchev–Trinajstić information content (AvgIpc) is 2.77. The van der Waals surface area contributed by atoms with Gasteiger partial charge in [-0.1, -0.05) is 36.4 Å². The van der Waals surface area contributed by atoms with E-state index in [9.17, 15) is 4.79 Å². The minimum Gasteiger partial charge on any atom is -0.497 e. The van der Waals surface area contributed by atoms with E-state index in [1.807, 2.05) is 37.3 Å². The highest BCUT2D eigenvalue weighted by Gasteiger charge is 2.27. The summed E-state index contributed by atoms with van der Waals surface area (Å²) in [6.07, 6.45) is 5.13. The van der Waals surface area contributed by atoms with Gasteiger partial charge in [0, 0.05) is 16.9 Å². The normalized spacial score (nSPS) is 15.1. The molecule has 0 radical (unpaired) electrons. The van der Waals surface area contributed by atoms with E-state index in [0.717, 1.165) is 45.4 Å². The largest absolute Gasteiger partial charge is 0.497 e. The van der Waals surface area contributed by atoms with Crippen LogP contribution in [0.1, 0.15) is 45.0 Å². The summed E-state index contributed by atoms with van der Waals surface area (Å²) in [5.41, 5.74) is 4.82. The van der Waals surface area contributed by atoms with E-state index in [-0.39, 0.29) is 11.9 Å². The van der Waals surface area contributed by atoms with E-state index >= 15 is 0 Å². The summed E-state index contributed by atoms with van der Waals surface area (Å²) >= 11 is 0. The van der Waals surface area contributed by atoms with E-state index in [0.29, 0.717) is 5.56 Å². The van der Waals surface area contributed by atoms with Crippen LogP contribution < -0.4 is 9.47 Å². The second kappa shape index (κ2) is 7.63. The molecule has 1 unspecified atom stereocenters. The molecular weight excluding hydrogens is 364 g/mol. The Hall–Kier alpha value is -3.27. The van der Waals surface area contributed by atoms with Crippen LogP contribution in [0.25, 0.3) is 16.8 Å². The van der Waals surface area contributed by atoms with Gasteiger partial charge in [-0.05, 0) is 53.6 Å². The Labute approximate surface area is 170 Å². The molecule has 0 saturated heterocycles. The van der Waals surface area contributed by atoms with Crippen molar-refractivity contribution in [2.24, 2.45) is 0 Å². The van der Waals surface area contributed by atoms with Gasteiger partial charge in [-0.3, -0.25) is 0 Å². The second-order valence-corrected chi connectivity index (χ2v) is 7.22. The number of carbonyl (C=O) groups is 1. The monoisotopic (exact) mass is 388 g/mol. The number of hydrogen-bond acceptors (Lipinski definition) is 4. The van der Waals surface area contributed by atoms with Crippen molar-refractivity contribution in [2.45, 2.75) is 19.3 Å². The summed E-state index contributed by atoms with van der Waals surface area (Å²) in [6.45, 7) is 1.94. The van der Waals surface area contributed by atoms with Crippen molar-refractivity contribution in [3.05, 3.63) is 76.4 Å². The quantitative estimate of drug-likeness (QED) is 0.554. The van der Waals surface area contributed by atoms with Crippen molar-refractivity contribution in [1.82, 2.24) is 0 Å². The molecule has 0 N–H and O–H groups in total. The lowest BCUT2D eigenvalue weighted by Crippen LogP contribution is -2.11. The molecule has 0 amide bonds. The van der Waals surface area contributed by atoms with Crippen LogP contribution in [0.15, 0.2) is 48.5 Å². The average molecular weight is 388 g/mol. The molecule has 3 aromatic carbocycles. The van der Waals surface area contributed by atoms with Crippen molar-refractivity contribution in [2.75, 3.05) is 21.3 Å². The molecule has 4 nitrogen and oxygen atoms in total. The van der Waals surface area contributed by atoms with Gasteiger partial charge >= 0.3 is 5.97 Å². The number of rotatable bonds is 4. The van der Waals surface area contributed by atoms with Gasteiger partial charge in [-0.2, -0.15) is 0 Å². The Morgan fingerprint density at radius 3 is 2.41 bits per heavy atom. The molecule has 1 aliphatic carbocycles. The van der Waals surface area contributed by atoms with E-state index in [4.69, 9.17) is 14.2 Å². The number of ether oxygens (including phenoxy) is 3. The van der Waals surface area contributed by atoms with Gasteiger partial charge in [0.25, 0.3) is 0 Å². The highest BCUT2D eigenvalue weighted by atomic mass is 16.5. The minimum absolute atomic E-state index is 0.131. The maximum absolute atomic E-state index is 12.6. The summed E-state index contributed by atoms with van der Waals surface area (Å²) < 4.78 is 16.2. The van der Waals surface area contributed by atoms with Crippen molar-refractivity contribution < 1.29 is 19.0 Å². The predicted octanol–water partition coefficient (Wildman–Crippen LogP) is 5.50. The first-order valence-corrected chi connectivity index (χ1v) is 9.62. The molecule has 0 spiro atoms. The first-order valence-electron chi connectivity index (χ1n) is 9.62. The molecule has 0 aromatic heterocycles. The second-order valence-electron chi connectivity index (χ2n) is 7.22. The van der Waals surface area contributed by atoms with Gasteiger partial charge in [0.1, 0.15) is 11.5 Å². The lowest BCUT2D eigenvalue weighted by atomic mass is 9.78. The Morgan fingerprint density at radius 1 is 1.00 bits per heavy atom. The Kier molecular flexibility index (Phi) is 5.01. The highest BCUT2D eigenvalue weighted by molar-refractivity contribution is 6.10. The SMILES string of the molecule is COC(=O)c1c(C)ccc2cc(OC)c3c(c12)C=CCC3c1ccc(OC)cc1. The van der Waals surface area contributed by atoms with Gasteiger partial charge < -0.3 is 14.2 Å². The summed E-state index contributed by atoms with van der Waals surface area (Å²) in [6, 6.07) is 14.1. The van der Waals surface area contributed by atoms with E-state index in [1.165, 1.54) is 12.7 Å². The third kappa shape index (κ3) is 3.15. The topological polar surface area (TPSA) is 44.8 Å². The molecule has 4 rings (SSSR count).